The van der Waals surface area contributed by atoms with E-state index in [4.69, 9.17) is 5.73 Å². The Bertz CT molecular complexity index is 240. The normalized spacial score (nSPS) is 22.5. The van der Waals surface area contributed by atoms with Crippen LogP contribution < -0.4 is 5.73 Å². The molecule has 0 aromatic carbocycles. The van der Waals surface area contributed by atoms with Gasteiger partial charge in [0.1, 0.15) is 0 Å². The first-order valence-electron chi connectivity index (χ1n) is 6.64. The lowest BCUT2D eigenvalue weighted by molar-refractivity contribution is -0.129. The number of carbonyl (C=O) groups excluding carboxylic acids is 1. The highest BCUT2D eigenvalue weighted by molar-refractivity contribution is 8.00. The molecular formula is C13H26N2OS. The molecule has 3 nitrogen and oxygen atoms in total. The zero-order valence-electron chi connectivity index (χ0n) is 11.3. The van der Waals surface area contributed by atoms with Crippen LogP contribution in [-0.2, 0) is 4.79 Å². The Balaban J connectivity index is 2.30. The molecule has 0 aromatic rings. The Labute approximate surface area is 109 Å². The summed E-state index contributed by atoms with van der Waals surface area (Å²) in [6, 6.07) is 0.198. The van der Waals surface area contributed by atoms with Crippen LogP contribution in [-0.4, -0.2) is 41.4 Å². The van der Waals surface area contributed by atoms with Gasteiger partial charge in [0.25, 0.3) is 0 Å². The topological polar surface area (TPSA) is 46.3 Å². The number of nitrogens with two attached hydrogens (primary N) is 1. The van der Waals surface area contributed by atoms with E-state index >= 15 is 0 Å². The fraction of sp³-hybridized carbons (Fsp3) is 0.923. The van der Waals surface area contributed by atoms with E-state index in [9.17, 15) is 4.79 Å². The second-order valence-corrected chi connectivity index (χ2v) is 6.62. The molecule has 1 fully saturated rings. The minimum Gasteiger partial charge on any atom is -0.345 e. The second kappa shape index (κ2) is 7.27. The Morgan fingerprint density at radius 2 is 2.18 bits per heavy atom. The van der Waals surface area contributed by atoms with E-state index < -0.39 is 0 Å². The summed E-state index contributed by atoms with van der Waals surface area (Å²) in [6.07, 6.45) is 4.40. The van der Waals surface area contributed by atoms with Crippen LogP contribution in [0.15, 0.2) is 0 Å². The zero-order valence-corrected chi connectivity index (χ0v) is 12.1. The highest BCUT2D eigenvalue weighted by atomic mass is 32.2. The van der Waals surface area contributed by atoms with Crippen LogP contribution >= 0.6 is 11.8 Å². The molecule has 2 unspecified atom stereocenters. The zero-order chi connectivity index (χ0) is 12.8. The monoisotopic (exact) mass is 258 g/mol. The summed E-state index contributed by atoms with van der Waals surface area (Å²) in [5.41, 5.74) is 6.00. The SMILES string of the molecule is CC(C)C(N)CCN(C)C(=O)C1CCCCS1. The number of hydrogen-bond donors (Lipinski definition) is 1. The van der Waals surface area contributed by atoms with E-state index in [2.05, 4.69) is 13.8 Å². The van der Waals surface area contributed by atoms with E-state index in [1.165, 1.54) is 12.8 Å². The van der Waals surface area contributed by atoms with Gasteiger partial charge in [-0.15, -0.1) is 11.8 Å². The van der Waals surface area contributed by atoms with Crippen LogP contribution in [0.3, 0.4) is 0 Å². The van der Waals surface area contributed by atoms with Crippen LogP contribution in [0.5, 0.6) is 0 Å². The van der Waals surface area contributed by atoms with Gasteiger partial charge in [0.15, 0.2) is 0 Å². The maximum atomic E-state index is 12.1. The predicted octanol–water partition coefficient (Wildman–Crippen LogP) is 2.10. The second-order valence-electron chi connectivity index (χ2n) is 5.31. The summed E-state index contributed by atoms with van der Waals surface area (Å²) in [5.74, 6) is 1.92. The van der Waals surface area contributed by atoms with E-state index in [0.717, 1.165) is 25.1 Å². The predicted molar refractivity (Wildman–Crippen MR) is 75.2 cm³/mol. The number of thioether (sulfide) groups is 1. The van der Waals surface area contributed by atoms with Crippen molar-refractivity contribution in [2.45, 2.75) is 50.8 Å². The molecule has 0 saturated carbocycles. The number of amides is 1. The summed E-state index contributed by atoms with van der Waals surface area (Å²) in [6.45, 7) is 5.04. The molecule has 1 amide bonds. The van der Waals surface area contributed by atoms with Crippen LogP contribution in [0.25, 0.3) is 0 Å². The molecular weight excluding hydrogens is 232 g/mol. The molecule has 0 aliphatic carbocycles. The molecule has 0 aromatic heterocycles. The van der Waals surface area contributed by atoms with E-state index in [-0.39, 0.29) is 11.3 Å². The van der Waals surface area contributed by atoms with Crippen molar-refractivity contribution in [3.63, 3.8) is 0 Å². The first kappa shape index (κ1) is 14.8. The fourth-order valence-corrected chi connectivity index (χ4v) is 3.28. The van der Waals surface area contributed by atoms with Crippen molar-refractivity contribution in [1.82, 2.24) is 4.90 Å². The Hall–Kier alpha value is -0.220. The van der Waals surface area contributed by atoms with Gasteiger partial charge in [-0.05, 0) is 30.9 Å². The molecule has 2 atom stereocenters. The van der Waals surface area contributed by atoms with Gasteiger partial charge in [-0.3, -0.25) is 4.79 Å². The van der Waals surface area contributed by atoms with Crippen molar-refractivity contribution in [3.8, 4) is 0 Å². The molecule has 0 spiro atoms. The van der Waals surface area contributed by atoms with Crippen LogP contribution in [0, 0.1) is 5.92 Å². The standard InChI is InChI=1S/C13H26N2OS/c1-10(2)11(14)7-8-15(3)13(16)12-6-4-5-9-17-12/h10-12H,4-9,14H2,1-3H3. The van der Waals surface area contributed by atoms with Crippen molar-refractivity contribution in [3.05, 3.63) is 0 Å². The van der Waals surface area contributed by atoms with Gasteiger partial charge in [0, 0.05) is 19.6 Å². The lowest BCUT2D eigenvalue weighted by Crippen LogP contribution is -2.39. The number of nitrogens with zero attached hydrogens (tertiary/aromatic N) is 1. The van der Waals surface area contributed by atoms with Gasteiger partial charge in [-0.1, -0.05) is 20.3 Å². The van der Waals surface area contributed by atoms with E-state index in [1.807, 2.05) is 23.7 Å². The third kappa shape index (κ3) is 4.88. The van der Waals surface area contributed by atoms with E-state index in [0.29, 0.717) is 11.8 Å². The van der Waals surface area contributed by atoms with Crippen LogP contribution in [0.1, 0.15) is 39.5 Å². The summed E-state index contributed by atoms with van der Waals surface area (Å²) in [5, 5.41) is 0.198. The molecule has 100 valence electrons. The number of hydrogen-bond acceptors (Lipinski definition) is 3. The third-order valence-corrected chi connectivity index (χ3v) is 4.85. The maximum absolute atomic E-state index is 12.1. The summed E-state index contributed by atoms with van der Waals surface area (Å²) < 4.78 is 0. The molecule has 1 aliphatic heterocycles. The summed E-state index contributed by atoms with van der Waals surface area (Å²) in [7, 11) is 1.91. The van der Waals surface area contributed by atoms with Gasteiger partial charge in [-0.25, -0.2) is 0 Å². The minimum absolute atomic E-state index is 0.198. The Morgan fingerprint density at radius 3 is 2.71 bits per heavy atom. The smallest absolute Gasteiger partial charge is 0.235 e. The van der Waals surface area contributed by atoms with Gasteiger partial charge < -0.3 is 10.6 Å². The number of carbonyl (C=O) groups is 1. The fourth-order valence-electron chi connectivity index (χ4n) is 1.97. The molecule has 0 radical (unpaired) electrons. The largest absolute Gasteiger partial charge is 0.345 e. The highest BCUT2D eigenvalue weighted by Crippen LogP contribution is 2.26. The average molecular weight is 258 g/mol. The Kier molecular flexibility index (Phi) is 6.34. The quantitative estimate of drug-likeness (QED) is 0.821. The molecule has 17 heavy (non-hydrogen) atoms. The summed E-state index contributed by atoms with van der Waals surface area (Å²) >= 11 is 1.82. The molecule has 4 heteroatoms. The van der Waals surface area contributed by atoms with Crippen molar-refractivity contribution in [2.24, 2.45) is 11.7 Å². The lowest BCUT2D eigenvalue weighted by Gasteiger charge is -2.27. The first-order chi connectivity index (χ1) is 8.02. The molecule has 1 rings (SSSR count). The third-order valence-electron chi connectivity index (χ3n) is 3.49. The van der Waals surface area contributed by atoms with Crippen LogP contribution in [0.4, 0.5) is 0 Å². The molecule has 0 bridgehead atoms. The van der Waals surface area contributed by atoms with Crippen molar-refractivity contribution >= 4 is 17.7 Å². The van der Waals surface area contributed by atoms with Crippen molar-refractivity contribution < 1.29 is 4.79 Å². The first-order valence-corrected chi connectivity index (χ1v) is 7.69. The highest BCUT2D eigenvalue weighted by Gasteiger charge is 2.24. The Morgan fingerprint density at radius 1 is 1.47 bits per heavy atom. The minimum atomic E-state index is 0.198. The van der Waals surface area contributed by atoms with E-state index in [1.54, 1.807) is 0 Å². The maximum Gasteiger partial charge on any atom is 0.235 e. The van der Waals surface area contributed by atoms with Crippen molar-refractivity contribution in [1.29, 1.82) is 0 Å². The molecule has 1 aliphatic rings. The van der Waals surface area contributed by atoms with Gasteiger partial charge in [0.05, 0.1) is 5.25 Å². The van der Waals surface area contributed by atoms with Gasteiger partial charge >= 0.3 is 0 Å². The lowest BCUT2D eigenvalue weighted by atomic mass is 10.0. The van der Waals surface area contributed by atoms with Gasteiger partial charge in [-0.2, -0.15) is 0 Å². The number of rotatable bonds is 5. The average Bonchev–Trinajstić information content (AvgIpc) is 2.35. The van der Waals surface area contributed by atoms with Crippen molar-refractivity contribution in [2.75, 3.05) is 19.3 Å². The molecule has 2 N–H and O–H groups in total. The summed E-state index contributed by atoms with van der Waals surface area (Å²) in [4.78, 5) is 14.0. The molecule has 1 saturated heterocycles. The van der Waals surface area contributed by atoms with Gasteiger partial charge in [0.2, 0.25) is 5.91 Å². The van der Waals surface area contributed by atoms with Crippen LogP contribution in [0.2, 0.25) is 0 Å². The molecule has 1 heterocycles.